The van der Waals surface area contributed by atoms with E-state index in [2.05, 4.69) is 36.3 Å². The summed E-state index contributed by atoms with van der Waals surface area (Å²) in [5.41, 5.74) is 3.76. The zero-order valence-corrected chi connectivity index (χ0v) is 20.7. The van der Waals surface area contributed by atoms with Crippen LogP contribution in [-0.2, 0) is 23.2 Å². The van der Waals surface area contributed by atoms with Gasteiger partial charge in [0, 0.05) is 17.5 Å². The van der Waals surface area contributed by atoms with Crippen LogP contribution in [0.15, 0.2) is 89.1 Å². The molecule has 0 fully saturated rings. The Balaban J connectivity index is 1.43. The van der Waals surface area contributed by atoms with Crippen LogP contribution in [0.3, 0.4) is 0 Å². The van der Waals surface area contributed by atoms with Crippen molar-refractivity contribution in [2.45, 2.75) is 39.2 Å². The summed E-state index contributed by atoms with van der Waals surface area (Å²) in [6, 6.07) is 24.8. The van der Waals surface area contributed by atoms with Crippen molar-refractivity contribution in [2.24, 2.45) is 10.2 Å². The number of aromatic hydroxyl groups is 1. The standard InChI is InChI=1S/C29H30N4O3/c1-29(2,3)22-15-13-21(14-16-22)27(35)30-19-25(34)31-32-26-23-11-7-8-12-24(23)33(28(26)36)18-17-20-9-5-4-6-10-20/h4-16,36H,17-19H2,1-3H3,(H,30,35). The predicted molar refractivity (Wildman–Crippen MR) is 141 cm³/mol. The van der Waals surface area contributed by atoms with E-state index in [0.29, 0.717) is 17.5 Å². The second kappa shape index (κ2) is 10.6. The molecule has 0 saturated heterocycles. The van der Waals surface area contributed by atoms with Crippen molar-refractivity contribution >= 4 is 28.4 Å². The van der Waals surface area contributed by atoms with E-state index in [0.717, 1.165) is 23.1 Å². The van der Waals surface area contributed by atoms with Gasteiger partial charge in [0.1, 0.15) is 6.54 Å². The summed E-state index contributed by atoms with van der Waals surface area (Å²) in [7, 11) is 0. The molecule has 0 saturated carbocycles. The van der Waals surface area contributed by atoms with Crippen LogP contribution in [0.1, 0.15) is 42.3 Å². The monoisotopic (exact) mass is 482 g/mol. The van der Waals surface area contributed by atoms with E-state index in [-0.39, 0.29) is 29.4 Å². The summed E-state index contributed by atoms with van der Waals surface area (Å²) in [6.45, 7) is 6.55. The van der Waals surface area contributed by atoms with E-state index in [1.807, 2.05) is 66.7 Å². The Morgan fingerprint density at radius 1 is 0.917 bits per heavy atom. The van der Waals surface area contributed by atoms with Crippen molar-refractivity contribution in [3.05, 3.63) is 95.6 Å². The Hall–Kier alpha value is -4.26. The molecule has 184 valence electrons. The third-order valence-corrected chi connectivity index (χ3v) is 6.06. The first kappa shape index (κ1) is 24.9. The number of nitrogens with zero attached hydrogens (tertiary/aromatic N) is 3. The number of fused-ring (bicyclic) bond motifs is 1. The predicted octanol–water partition coefficient (Wildman–Crippen LogP) is 5.93. The molecule has 0 radical (unpaired) electrons. The lowest BCUT2D eigenvalue weighted by atomic mass is 9.87. The van der Waals surface area contributed by atoms with Gasteiger partial charge in [0.05, 0.1) is 5.52 Å². The number of para-hydroxylation sites is 1. The van der Waals surface area contributed by atoms with E-state index in [4.69, 9.17) is 0 Å². The molecular weight excluding hydrogens is 452 g/mol. The molecule has 1 heterocycles. The first-order valence-electron chi connectivity index (χ1n) is 11.9. The van der Waals surface area contributed by atoms with Crippen molar-refractivity contribution < 1.29 is 14.7 Å². The number of nitrogens with one attached hydrogen (secondary N) is 1. The number of aromatic nitrogens is 1. The largest absolute Gasteiger partial charge is 0.493 e. The molecule has 4 rings (SSSR count). The van der Waals surface area contributed by atoms with E-state index < -0.39 is 5.91 Å². The second-order valence-electron chi connectivity index (χ2n) is 9.68. The molecule has 2 amide bonds. The number of carbonyl (C=O) groups is 2. The summed E-state index contributed by atoms with van der Waals surface area (Å²) >= 11 is 0. The molecule has 0 aliphatic carbocycles. The number of hydrogen-bond donors (Lipinski definition) is 2. The van der Waals surface area contributed by atoms with Gasteiger partial charge in [0.25, 0.3) is 11.8 Å². The van der Waals surface area contributed by atoms with Crippen LogP contribution in [0.5, 0.6) is 5.88 Å². The average Bonchev–Trinajstić information content (AvgIpc) is 3.15. The zero-order valence-electron chi connectivity index (χ0n) is 20.7. The molecule has 4 aromatic rings. The maximum absolute atomic E-state index is 12.4. The molecule has 0 atom stereocenters. The Morgan fingerprint density at radius 2 is 1.58 bits per heavy atom. The van der Waals surface area contributed by atoms with Crippen LogP contribution in [0.25, 0.3) is 10.9 Å². The molecular formula is C29H30N4O3. The fourth-order valence-corrected chi connectivity index (χ4v) is 4.00. The van der Waals surface area contributed by atoms with E-state index in [9.17, 15) is 14.7 Å². The van der Waals surface area contributed by atoms with Crippen molar-refractivity contribution in [2.75, 3.05) is 6.54 Å². The summed E-state index contributed by atoms with van der Waals surface area (Å²) in [6.07, 6.45) is 0.728. The van der Waals surface area contributed by atoms with Crippen molar-refractivity contribution in [1.29, 1.82) is 0 Å². The molecule has 0 bridgehead atoms. The summed E-state index contributed by atoms with van der Waals surface area (Å²) in [4.78, 5) is 24.8. The minimum atomic E-state index is -0.616. The lowest BCUT2D eigenvalue weighted by Crippen LogP contribution is -2.28. The van der Waals surface area contributed by atoms with Gasteiger partial charge in [0.15, 0.2) is 5.69 Å². The highest BCUT2D eigenvalue weighted by Gasteiger charge is 2.17. The van der Waals surface area contributed by atoms with Crippen molar-refractivity contribution in [3.63, 3.8) is 0 Å². The third kappa shape index (κ3) is 5.68. The summed E-state index contributed by atoms with van der Waals surface area (Å²) in [5.74, 6) is -1.03. The number of hydrogen-bond acceptors (Lipinski definition) is 4. The summed E-state index contributed by atoms with van der Waals surface area (Å²) < 4.78 is 1.77. The SMILES string of the molecule is CC(C)(C)c1ccc(C(=O)NCC(=O)N=Nc2c(O)n(CCc3ccccc3)c3ccccc23)cc1. The van der Waals surface area contributed by atoms with Crippen LogP contribution in [0.4, 0.5) is 5.69 Å². The molecule has 0 aliphatic rings. The smallest absolute Gasteiger partial charge is 0.283 e. The van der Waals surface area contributed by atoms with Gasteiger partial charge in [-0.15, -0.1) is 10.2 Å². The van der Waals surface area contributed by atoms with Gasteiger partial charge < -0.3 is 15.0 Å². The first-order chi connectivity index (χ1) is 17.2. The van der Waals surface area contributed by atoms with E-state index >= 15 is 0 Å². The van der Waals surface area contributed by atoms with Gasteiger partial charge in [-0.05, 0) is 41.2 Å². The molecule has 3 aromatic carbocycles. The Kier molecular flexibility index (Phi) is 7.29. The molecule has 0 spiro atoms. The minimum Gasteiger partial charge on any atom is -0.493 e. The second-order valence-corrected chi connectivity index (χ2v) is 9.68. The average molecular weight is 483 g/mol. The molecule has 36 heavy (non-hydrogen) atoms. The van der Waals surface area contributed by atoms with Crippen molar-refractivity contribution in [1.82, 2.24) is 9.88 Å². The first-order valence-corrected chi connectivity index (χ1v) is 11.9. The lowest BCUT2D eigenvalue weighted by molar-refractivity contribution is -0.117. The number of carbonyl (C=O) groups excluding carboxylic acids is 2. The van der Waals surface area contributed by atoms with Crippen LogP contribution in [0, 0.1) is 0 Å². The maximum atomic E-state index is 12.4. The van der Waals surface area contributed by atoms with Crippen LogP contribution < -0.4 is 5.32 Å². The van der Waals surface area contributed by atoms with Gasteiger partial charge in [-0.2, -0.15) is 0 Å². The quantitative estimate of drug-likeness (QED) is 0.320. The number of benzene rings is 3. The van der Waals surface area contributed by atoms with Gasteiger partial charge >= 0.3 is 0 Å². The molecule has 1 aromatic heterocycles. The van der Waals surface area contributed by atoms with Gasteiger partial charge in [-0.25, -0.2) is 0 Å². The van der Waals surface area contributed by atoms with Crippen LogP contribution in [-0.4, -0.2) is 28.0 Å². The van der Waals surface area contributed by atoms with E-state index in [1.165, 1.54) is 0 Å². The van der Waals surface area contributed by atoms with Crippen LogP contribution in [0.2, 0.25) is 0 Å². The van der Waals surface area contributed by atoms with Crippen molar-refractivity contribution in [3.8, 4) is 5.88 Å². The van der Waals surface area contributed by atoms with Gasteiger partial charge in [-0.1, -0.05) is 81.4 Å². The lowest BCUT2D eigenvalue weighted by Gasteiger charge is -2.18. The molecule has 7 heteroatoms. The molecule has 0 aliphatic heterocycles. The topological polar surface area (TPSA) is 96.1 Å². The molecule has 7 nitrogen and oxygen atoms in total. The van der Waals surface area contributed by atoms with Crippen LogP contribution >= 0.6 is 0 Å². The fraction of sp³-hybridized carbons (Fsp3) is 0.241. The van der Waals surface area contributed by atoms with E-state index in [1.54, 1.807) is 16.7 Å². The third-order valence-electron chi connectivity index (χ3n) is 6.06. The number of rotatable bonds is 7. The number of aryl methyl sites for hydroxylation is 2. The molecule has 2 N–H and O–H groups in total. The number of azo groups is 1. The summed E-state index contributed by atoms with van der Waals surface area (Å²) in [5, 5.41) is 22.0. The Labute approximate surface area is 210 Å². The highest BCUT2D eigenvalue weighted by molar-refractivity contribution is 5.97. The Bertz CT molecular complexity index is 1400. The highest BCUT2D eigenvalue weighted by atomic mass is 16.3. The minimum absolute atomic E-state index is 0.0123. The van der Waals surface area contributed by atoms with Gasteiger partial charge in [-0.3, -0.25) is 9.59 Å². The zero-order chi connectivity index (χ0) is 25.7. The fourth-order valence-electron chi connectivity index (χ4n) is 4.00. The van der Waals surface area contributed by atoms with Gasteiger partial charge in [0.2, 0.25) is 5.88 Å². The Morgan fingerprint density at radius 3 is 2.28 bits per heavy atom. The normalized spacial score (nSPS) is 11.8. The number of amides is 2. The highest BCUT2D eigenvalue weighted by Crippen LogP contribution is 2.38. The molecule has 0 unspecified atom stereocenters. The maximum Gasteiger partial charge on any atom is 0.283 e.